The summed E-state index contributed by atoms with van der Waals surface area (Å²) in [6.45, 7) is 5.42. The fourth-order valence-electron chi connectivity index (χ4n) is 2.97. The van der Waals surface area contributed by atoms with Crippen LogP contribution in [0.1, 0.15) is 19.3 Å². The Morgan fingerprint density at radius 2 is 2.12 bits per heavy atom. The van der Waals surface area contributed by atoms with E-state index in [1.54, 1.807) is 0 Å². The molecule has 1 unspecified atom stereocenters. The zero-order valence-corrected chi connectivity index (χ0v) is 15.3. The summed E-state index contributed by atoms with van der Waals surface area (Å²) in [5.41, 5.74) is 1.08. The first kappa shape index (κ1) is 21.0. The molecule has 24 heavy (non-hydrogen) atoms. The molecule has 6 nitrogen and oxygen atoms in total. The molecular weight excluding hydrogens is 351 g/mol. The molecular formula is C16H26Cl2N4O2. The van der Waals surface area contributed by atoms with Crippen molar-refractivity contribution in [1.29, 1.82) is 0 Å². The molecule has 1 aromatic rings. The summed E-state index contributed by atoms with van der Waals surface area (Å²) in [7, 11) is 0. The highest BCUT2D eigenvalue weighted by atomic mass is 35.5. The average Bonchev–Trinajstić information content (AvgIpc) is 3.08. The molecule has 0 aliphatic carbocycles. The van der Waals surface area contributed by atoms with E-state index in [9.17, 15) is 4.79 Å². The van der Waals surface area contributed by atoms with Crippen molar-refractivity contribution >= 4 is 42.2 Å². The predicted molar refractivity (Wildman–Crippen MR) is 101 cm³/mol. The first-order valence-corrected chi connectivity index (χ1v) is 8.10. The minimum Gasteiger partial charge on any atom is -0.378 e. The number of morpholine rings is 1. The number of carbonyl (C=O) groups excluding carboxylic acids is 1. The highest BCUT2D eigenvalue weighted by Crippen LogP contribution is 2.18. The number of ether oxygens (including phenoxy) is 1. The molecule has 2 saturated heterocycles. The largest absolute Gasteiger partial charge is 0.378 e. The topological polar surface area (TPSA) is 66.5 Å². The van der Waals surface area contributed by atoms with Gasteiger partial charge < -0.3 is 20.3 Å². The molecule has 0 spiro atoms. The number of halogens is 2. The van der Waals surface area contributed by atoms with E-state index in [4.69, 9.17) is 4.74 Å². The predicted octanol–water partition coefficient (Wildman–Crippen LogP) is 2.09. The van der Waals surface area contributed by atoms with Crippen LogP contribution in [0.15, 0.2) is 18.3 Å². The number of aromatic nitrogens is 1. The summed E-state index contributed by atoms with van der Waals surface area (Å²) in [5.74, 6) is 1.33. The third-order valence-electron chi connectivity index (χ3n) is 4.33. The molecule has 0 bridgehead atoms. The van der Waals surface area contributed by atoms with Gasteiger partial charge in [0.05, 0.1) is 25.1 Å². The molecule has 2 fully saturated rings. The Balaban J connectivity index is 0.00000144. The maximum atomic E-state index is 12.0. The lowest BCUT2D eigenvalue weighted by Gasteiger charge is -2.28. The van der Waals surface area contributed by atoms with Crippen LogP contribution in [0.3, 0.4) is 0 Å². The second kappa shape index (κ2) is 10.7. The van der Waals surface area contributed by atoms with E-state index >= 15 is 0 Å². The van der Waals surface area contributed by atoms with Gasteiger partial charge in [0.15, 0.2) is 0 Å². The van der Waals surface area contributed by atoms with Crippen molar-refractivity contribution < 1.29 is 9.53 Å². The lowest BCUT2D eigenvalue weighted by atomic mass is 10.0. The normalized spacial score (nSPS) is 20.0. The van der Waals surface area contributed by atoms with E-state index in [1.165, 1.54) is 6.42 Å². The lowest BCUT2D eigenvalue weighted by molar-refractivity contribution is -0.116. The van der Waals surface area contributed by atoms with Crippen LogP contribution in [0.5, 0.6) is 0 Å². The van der Waals surface area contributed by atoms with E-state index in [-0.39, 0.29) is 30.7 Å². The number of nitrogens with one attached hydrogen (secondary N) is 2. The van der Waals surface area contributed by atoms with E-state index in [1.807, 2.05) is 18.3 Å². The Kier molecular flexibility index (Phi) is 9.36. The van der Waals surface area contributed by atoms with Gasteiger partial charge in [0, 0.05) is 19.5 Å². The first-order chi connectivity index (χ1) is 10.8. The SMILES string of the molecule is Cl.Cl.O=C(CCC1CCNC1)Nc1ccc(N2CCOCC2)cn1. The minimum atomic E-state index is 0. The van der Waals surface area contributed by atoms with Gasteiger partial charge in [-0.25, -0.2) is 4.98 Å². The fraction of sp³-hybridized carbons (Fsp3) is 0.625. The summed E-state index contributed by atoms with van der Waals surface area (Å²) >= 11 is 0. The van der Waals surface area contributed by atoms with Crippen molar-refractivity contribution in [3.05, 3.63) is 18.3 Å². The number of amides is 1. The van der Waals surface area contributed by atoms with Crippen LogP contribution >= 0.6 is 24.8 Å². The summed E-state index contributed by atoms with van der Waals surface area (Å²) in [4.78, 5) is 18.5. The van der Waals surface area contributed by atoms with Crippen molar-refractivity contribution in [2.75, 3.05) is 49.6 Å². The Morgan fingerprint density at radius 3 is 2.75 bits per heavy atom. The summed E-state index contributed by atoms with van der Waals surface area (Å²) in [6.07, 6.45) is 4.52. The van der Waals surface area contributed by atoms with Crippen molar-refractivity contribution in [1.82, 2.24) is 10.3 Å². The summed E-state index contributed by atoms with van der Waals surface area (Å²) in [5, 5.41) is 6.21. The molecule has 0 radical (unpaired) electrons. The molecule has 0 aromatic carbocycles. The molecule has 136 valence electrons. The molecule has 8 heteroatoms. The number of nitrogens with zero attached hydrogens (tertiary/aromatic N) is 2. The van der Waals surface area contributed by atoms with Crippen LogP contribution in [-0.4, -0.2) is 50.3 Å². The molecule has 2 aliphatic heterocycles. The van der Waals surface area contributed by atoms with Crippen LogP contribution in [0, 0.1) is 5.92 Å². The van der Waals surface area contributed by atoms with E-state index < -0.39 is 0 Å². The Morgan fingerprint density at radius 1 is 1.33 bits per heavy atom. The summed E-state index contributed by atoms with van der Waals surface area (Å²) in [6, 6.07) is 3.88. The highest BCUT2D eigenvalue weighted by Gasteiger charge is 2.16. The molecule has 1 aromatic heterocycles. The number of hydrogen-bond donors (Lipinski definition) is 2. The number of pyridine rings is 1. The van der Waals surface area contributed by atoms with E-state index in [0.29, 0.717) is 18.2 Å². The smallest absolute Gasteiger partial charge is 0.225 e. The van der Waals surface area contributed by atoms with Gasteiger partial charge in [-0.2, -0.15) is 0 Å². The van der Waals surface area contributed by atoms with Crippen molar-refractivity contribution in [3.63, 3.8) is 0 Å². The first-order valence-electron chi connectivity index (χ1n) is 8.10. The van der Waals surface area contributed by atoms with Crippen molar-refractivity contribution in [2.24, 2.45) is 5.92 Å². The van der Waals surface area contributed by atoms with Gasteiger partial charge in [0.25, 0.3) is 0 Å². The number of anilines is 2. The Hall–Kier alpha value is -1.08. The second-order valence-corrected chi connectivity index (χ2v) is 5.95. The molecule has 2 N–H and O–H groups in total. The summed E-state index contributed by atoms with van der Waals surface area (Å²) < 4.78 is 5.34. The minimum absolute atomic E-state index is 0. The molecule has 1 amide bonds. The number of rotatable bonds is 5. The van der Waals surface area contributed by atoms with Crippen LogP contribution in [-0.2, 0) is 9.53 Å². The molecule has 1 atom stereocenters. The van der Waals surface area contributed by atoms with Gasteiger partial charge in [0.1, 0.15) is 5.82 Å². The number of hydrogen-bond acceptors (Lipinski definition) is 5. The average molecular weight is 377 g/mol. The van der Waals surface area contributed by atoms with E-state index in [2.05, 4.69) is 20.5 Å². The van der Waals surface area contributed by atoms with Crippen LogP contribution in [0.25, 0.3) is 0 Å². The highest BCUT2D eigenvalue weighted by molar-refractivity contribution is 5.89. The van der Waals surface area contributed by atoms with Gasteiger partial charge in [0.2, 0.25) is 5.91 Å². The fourth-order valence-corrected chi connectivity index (χ4v) is 2.97. The standard InChI is InChI=1S/C16H24N4O2.2ClH/c21-16(4-1-13-5-6-17-11-13)19-15-3-2-14(12-18-15)20-7-9-22-10-8-20;;/h2-3,12-13,17H,1,4-11H2,(H,18,19,21);2*1H. The second-order valence-electron chi connectivity index (χ2n) is 5.95. The van der Waals surface area contributed by atoms with Crippen molar-refractivity contribution in [3.8, 4) is 0 Å². The van der Waals surface area contributed by atoms with Gasteiger partial charge in [-0.1, -0.05) is 0 Å². The van der Waals surface area contributed by atoms with Crippen LogP contribution in [0.2, 0.25) is 0 Å². The van der Waals surface area contributed by atoms with Gasteiger partial charge in [-0.05, 0) is 44.0 Å². The maximum Gasteiger partial charge on any atom is 0.225 e. The van der Waals surface area contributed by atoms with Crippen LogP contribution in [0.4, 0.5) is 11.5 Å². The third-order valence-corrected chi connectivity index (χ3v) is 4.33. The number of carbonyl (C=O) groups is 1. The maximum absolute atomic E-state index is 12.0. The Bertz CT molecular complexity index is 489. The molecule has 3 rings (SSSR count). The molecule has 2 aliphatic rings. The zero-order valence-electron chi connectivity index (χ0n) is 13.7. The third kappa shape index (κ3) is 6.09. The van der Waals surface area contributed by atoms with Gasteiger partial charge >= 0.3 is 0 Å². The van der Waals surface area contributed by atoms with Crippen molar-refractivity contribution in [2.45, 2.75) is 19.3 Å². The van der Waals surface area contributed by atoms with E-state index in [0.717, 1.165) is 51.5 Å². The van der Waals surface area contributed by atoms with Gasteiger partial charge in [-0.15, -0.1) is 24.8 Å². The monoisotopic (exact) mass is 376 g/mol. The zero-order chi connectivity index (χ0) is 15.2. The van der Waals surface area contributed by atoms with Crippen LogP contribution < -0.4 is 15.5 Å². The molecule has 0 saturated carbocycles. The Labute approximate surface area is 155 Å². The lowest BCUT2D eigenvalue weighted by Crippen LogP contribution is -2.36. The quantitative estimate of drug-likeness (QED) is 0.823. The molecule has 3 heterocycles. The van der Waals surface area contributed by atoms with Gasteiger partial charge in [-0.3, -0.25) is 4.79 Å².